The number of amides is 1. The molecule has 0 fully saturated rings. The summed E-state index contributed by atoms with van der Waals surface area (Å²) >= 11 is 1.74. The molecule has 0 saturated carbocycles. The van der Waals surface area contributed by atoms with Crippen molar-refractivity contribution in [3.05, 3.63) is 11.9 Å². The molecule has 0 aliphatic carbocycles. The third-order valence-electron chi connectivity index (χ3n) is 3.07. The topological polar surface area (TPSA) is 64.2 Å². The standard InChI is InChI=1S/C12H22N4OS/c1-5-9(8-18-4)15(3)12(17)11-10(13)7-14-16(11)6-2/h7,9H,5-6,8,13H2,1-4H3. The Bertz CT molecular complexity index is 405. The van der Waals surface area contributed by atoms with Crippen LogP contribution < -0.4 is 5.73 Å². The number of nitrogens with two attached hydrogens (primary N) is 1. The number of carbonyl (C=O) groups excluding carboxylic acids is 1. The summed E-state index contributed by atoms with van der Waals surface area (Å²) in [5.41, 5.74) is 6.79. The van der Waals surface area contributed by atoms with E-state index in [1.165, 1.54) is 0 Å². The van der Waals surface area contributed by atoms with Crippen LogP contribution in [-0.4, -0.2) is 45.7 Å². The van der Waals surface area contributed by atoms with E-state index in [-0.39, 0.29) is 11.9 Å². The van der Waals surface area contributed by atoms with Crippen LogP contribution in [0.2, 0.25) is 0 Å². The zero-order valence-corrected chi connectivity index (χ0v) is 12.3. The smallest absolute Gasteiger partial charge is 0.274 e. The van der Waals surface area contributed by atoms with Crippen molar-refractivity contribution < 1.29 is 4.79 Å². The van der Waals surface area contributed by atoms with Crippen molar-refractivity contribution in [3.8, 4) is 0 Å². The van der Waals surface area contributed by atoms with Crippen LogP contribution in [0.15, 0.2) is 6.20 Å². The van der Waals surface area contributed by atoms with E-state index in [0.717, 1.165) is 12.2 Å². The van der Waals surface area contributed by atoms with Gasteiger partial charge in [-0.25, -0.2) is 0 Å². The molecular weight excluding hydrogens is 248 g/mol. The number of carbonyl (C=O) groups is 1. The van der Waals surface area contributed by atoms with Gasteiger partial charge in [-0.1, -0.05) is 6.92 Å². The second-order valence-corrected chi connectivity index (χ2v) is 5.11. The molecule has 5 nitrogen and oxygen atoms in total. The van der Waals surface area contributed by atoms with Gasteiger partial charge in [-0.3, -0.25) is 9.48 Å². The van der Waals surface area contributed by atoms with E-state index in [9.17, 15) is 4.79 Å². The largest absolute Gasteiger partial charge is 0.396 e. The van der Waals surface area contributed by atoms with E-state index >= 15 is 0 Å². The maximum absolute atomic E-state index is 12.5. The number of anilines is 1. The van der Waals surface area contributed by atoms with Crippen LogP contribution in [-0.2, 0) is 6.54 Å². The second kappa shape index (κ2) is 6.68. The Morgan fingerprint density at radius 2 is 2.28 bits per heavy atom. The first kappa shape index (κ1) is 14.9. The number of nitrogen functional groups attached to an aromatic ring is 1. The molecule has 0 aliphatic rings. The quantitative estimate of drug-likeness (QED) is 0.854. The van der Waals surface area contributed by atoms with Gasteiger partial charge < -0.3 is 10.6 Å². The minimum Gasteiger partial charge on any atom is -0.396 e. The number of nitrogens with zero attached hydrogens (tertiary/aromatic N) is 3. The molecule has 1 rings (SSSR count). The summed E-state index contributed by atoms with van der Waals surface area (Å²) in [7, 11) is 1.83. The van der Waals surface area contributed by atoms with Crippen LogP contribution >= 0.6 is 11.8 Å². The van der Waals surface area contributed by atoms with Gasteiger partial charge in [-0.15, -0.1) is 0 Å². The molecule has 6 heteroatoms. The van der Waals surface area contributed by atoms with Gasteiger partial charge in [0.1, 0.15) is 5.69 Å². The fraction of sp³-hybridized carbons (Fsp3) is 0.667. The first-order valence-electron chi connectivity index (χ1n) is 6.14. The Morgan fingerprint density at radius 3 is 2.78 bits per heavy atom. The number of aryl methyl sites for hydroxylation is 1. The highest BCUT2D eigenvalue weighted by atomic mass is 32.2. The lowest BCUT2D eigenvalue weighted by Gasteiger charge is -2.27. The number of aromatic nitrogens is 2. The monoisotopic (exact) mass is 270 g/mol. The molecular formula is C12H22N4OS. The zero-order chi connectivity index (χ0) is 13.7. The molecule has 0 spiro atoms. The molecule has 1 atom stereocenters. The molecule has 0 saturated heterocycles. The maximum atomic E-state index is 12.5. The van der Waals surface area contributed by atoms with Crippen LogP contribution in [0.4, 0.5) is 5.69 Å². The predicted molar refractivity (Wildman–Crippen MR) is 76.9 cm³/mol. The molecule has 1 heterocycles. The van der Waals surface area contributed by atoms with Gasteiger partial charge in [0, 0.05) is 25.4 Å². The van der Waals surface area contributed by atoms with Gasteiger partial charge in [0.25, 0.3) is 5.91 Å². The molecule has 0 aliphatic heterocycles. The highest BCUT2D eigenvalue weighted by Crippen LogP contribution is 2.17. The molecule has 1 amide bonds. The lowest BCUT2D eigenvalue weighted by Crippen LogP contribution is -2.39. The highest BCUT2D eigenvalue weighted by Gasteiger charge is 2.24. The Labute approximate surface area is 113 Å². The van der Waals surface area contributed by atoms with Crippen molar-refractivity contribution in [1.82, 2.24) is 14.7 Å². The fourth-order valence-electron chi connectivity index (χ4n) is 1.90. The lowest BCUT2D eigenvalue weighted by atomic mass is 10.2. The first-order chi connectivity index (χ1) is 8.56. The molecule has 0 bridgehead atoms. The summed E-state index contributed by atoms with van der Waals surface area (Å²) < 4.78 is 1.65. The zero-order valence-electron chi connectivity index (χ0n) is 11.5. The van der Waals surface area contributed by atoms with Crippen molar-refractivity contribution in [2.45, 2.75) is 32.9 Å². The summed E-state index contributed by atoms with van der Waals surface area (Å²) in [5.74, 6) is 0.881. The lowest BCUT2D eigenvalue weighted by molar-refractivity contribution is 0.0732. The molecule has 102 valence electrons. The number of thioether (sulfide) groups is 1. The Morgan fingerprint density at radius 1 is 1.61 bits per heavy atom. The Hall–Kier alpha value is -1.17. The van der Waals surface area contributed by atoms with Gasteiger partial charge in [-0.2, -0.15) is 16.9 Å². The average molecular weight is 270 g/mol. The average Bonchev–Trinajstić information content (AvgIpc) is 2.75. The number of hydrogen-bond acceptors (Lipinski definition) is 4. The summed E-state index contributed by atoms with van der Waals surface area (Å²) in [5, 5.41) is 4.11. The minimum absolute atomic E-state index is 0.0484. The molecule has 0 radical (unpaired) electrons. The second-order valence-electron chi connectivity index (χ2n) is 4.20. The third kappa shape index (κ3) is 2.98. The number of hydrogen-bond donors (Lipinski definition) is 1. The van der Waals surface area contributed by atoms with Crippen LogP contribution in [0.5, 0.6) is 0 Å². The molecule has 18 heavy (non-hydrogen) atoms. The van der Waals surface area contributed by atoms with E-state index < -0.39 is 0 Å². The normalized spacial score (nSPS) is 12.4. The van der Waals surface area contributed by atoms with E-state index in [4.69, 9.17) is 5.73 Å². The predicted octanol–water partition coefficient (Wildman–Crippen LogP) is 1.70. The maximum Gasteiger partial charge on any atom is 0.274 e. The van der Waals surface area contributed by atoms with Gasteiger partial charge in [0.15, 0.2) is 0 Å². The molecule has 1 aromatic rings. The van der Waals surface area contributed by atoms with E-state index in [1.807, 2.05) is 20.2 Å². The third-order valence-corrected chi connectivity index (χ3v) is 3.79. The van der Waals surface area contributed by atoms with E-state index in [1.54, 1.807) is 27.5 Å². The van der Waals surface area contributed by atoms with Crippen molar-refractivity contribution in [2.75, 3.05) is 24.8 Å². The van der Waals surface area contributed by atoms with E-state index in [2.05, 4.69) is 12.0 Å². The number of rotatable bonds is 6. The SMILES string of the molecule is CCC(CSC)N(C)C(=O)c1c(N)cnn1CC. The van der Waals surface area contributed by atoms with E-state index in [0.29, 0.717) is 17.9 Å². The summed E-state index contributed by atoms with van der Waals surface area (Å²) in [6.07, 6.45) is 4.52. The Kier molecular flexibility index (Phi) is 5.53. The molecule has 2 N–H and O–H groups in total. The van der Waals surface area contributed by atoms with Crippen molar-refractivity contribution in [1.29, 1.82) is 0 Å². The molecule has 1 aromatic heterocycles. The van der Waals surface area contributed by atoms with Crippen molar-refractivity contribution >= 4 is 23.4 Å². The fourth-order valence-corrected chi connectivity index (χ4v) is 2.75. The minimum atomic E-state index is -0.0484. The van der Waals surface area contributed by atoms with Gasteiger partial charge in [0.2, 0.25) is 0 Å². The summed E-state index contributed by atoms with van der Waals surface area (Å²) in [4.78, 5) is 14.2. The van der Waals surface area contributed by atoms with Crippen LogP contribution in [0.1, 0.15) is 30.8 Å². The van der Waals surface area contributed by atoms with Crippen LogP contribution in [0.25, 0.3) is 0 Å². The first-order valence-corrected chi connectivity index (χ1v) is 7.53. The summed E-state index contributed by atoms with van der Waals surface area (Å²) in [6.45, 7) is 4.68. The van der Waals surface area contributed by atoms with Gasteiger partial charge in [-0.05, 0) is 19.6 Å². The molecule has 1 unspecified atom stereocenters. The summed E-state index contributed by atoms with van der Waals surface area (Å²) in [6, 6.07) is 0.229. The van der Waals surface area contributed by atoms with Crippen molar-refractivity contribution in [2.24, 2.45) is 0 Å². The van der Waals surface area contributed by atoms with Gasteiger partial charge >= 0.3 is 0 Å². The van der Waals surface area contributed by atoms with Gasteiger partial charge in [0.05, 0.1) is 11.9 Å². The molecule has 0 aromatic carbocycles. The van der Waals surface area contributed by atoms with Crippen LogP contribution in [0, 0.1) is 0 Å². The van der Waals surface area contributed by atoms with Crippen LogP contribution in [0.3, 0.4) is 0 Å². The Balaban J connectivity index is 2.94. The van der Waals surface area contributed by atoms with Crippen molar-refractivity contribution in [3.63, 3.8) is 0 Å². The highest BCUT2D eigenvalue weighted by molar-refractivity contribution is 7.98.